The molecule has 28 heavy (non-hydrogen) atoms. The number of nitrogens with one attached hydrogen (secondary N) is 1. The van der Waals surface area contributed by atoms with Crippen molar-refractivity contribution in [1.29, 1.82) is 0 Å². The van der Waals surface area contributed by atoms with Gasteiger partial charge in [-0.15, -0.1) is 0 Å². The molecule has 0 saturated carbocycles. The van der Waals surface area contributed by atoms with E-state index in [4.69, 9.17) is 4.74 Å². The zero-order valence-corrected chi connectivity index (χ0v) is 16.6. The van der Waals surface area contributed by atoms with E-state index in [0.29, 0.717) is 31.9 Å². The highest BCUT2D eigenvalue weighted by atomic mass is 32.2. The van der Waals surface area contributed by atoms with Gasteiger partial charge < -0.3 is 10.1 Å². The molecular weight excluding hydrogens is 383 g/mol. The lowest BCUT2D eigenvalue weighted by molar-refractivity contribution is 0.0730. The van der Waals surface area contributed by atoms with Crippen LogP contribution in [0.2, 0.25) is 0 Å². The van der Waals surface area contributed by atoms with Crippen molar-refractivity contribution in [2.24, 2.45) is 0 Å². The Morgan fingerprint density at radius 1 is 1.14 bits per heavy atom. The zero-order valence-electron chi connectivity index (χ0n) is 15.8. The number of aryl methyl sites for hydroxylation is 1. The van der Waals surface area contributed by atoms with E-state index in [-0.39, 0.29) is 22.3 Å². The predicted molar refractivity (Wildman–Crippen MR) is 103 cm³/mol. The van der Waals surface area contributed by atoms with Crippen molar-refractivity contribution in [2.75, 3.05) is 26.3 Å². The molecule has 1 fully saturated rings. The van der Waals surface area contributed by atoms with Gasteiger partial charge in [-0.2, -0.15) is 4.31 Å². The quantitative estimate of drug-likeness (QED) is 0.828. The van der Waals surface area contributed by atoms with E-state index in [9.17, 15) is 17.6 Å². The molecule has 2 aromatic rings. The number of nitrogens with zero attached hydrogens (tertiary/aromatic N) is 1. The number of rotatable bonds is 5. The average Bonchev–Trinajstić information content (AvgIpc) is 2.69. The van der Waals surface area contributed by atoms with Crippen molar-refractivity contribution in [3.05, 3.63) is 65.0 Å². The zero-order chi connectivity index (χ0) is 20.3. The van der Waals surface area contributed by atoms with Crippen LogP contribution in [0.15, 0.2) is 47.4 Å². The van der Waals surface area contributed by atoms with Gasteiger partial charge in [-0.05, 0) is 49.2 Å². The lowest BCUT2D eigenvalue weighted by Crippen LogP contribution is -2.41. The molecule has 6 nitrogen and oxygen atoms in total. The molecule has 0 radical (unpaired) electrons. The van der Waals surface area contributed by atoms with Crippen molar-refractivity contribution in [1.82, 2.24) is 9.62 Å². The molecule has 2 aromatic carbocycles. The van der Waals surface area contributed by atoms with Gasteiger partial charge in [0.25, 0.3) is 5.91 Å². The second-order valence-corrected chi connectivity index (χ2v) is 8.65. The molecule has 0 aliphatic carbocycles. The molecule has 1 saturated heterocycles. The highest BCUT2D eigenvalue weighted by Gasteiger charge is 2.28. The number of hydrogen-bond acceptors (Lipinski definition) is 4. The van der Waals surface area contributed by atoms with E-state index in [2.05, 4.69) is 5.32 Å². The number of morpholine rings is 1. The molecule has 0 aromatic heterocycles. The second kappa shape index (κ2) is 8.38. The first-order valence-electron chi connectivity index (χ1n) is 9.04. The maximum Gasteiger partial charge on any atom is 0.251 e. The van der Waals surface area contributed by atoms with Gasteiger partial charge in [0, 0.05) is 18.7 Å². The summed E-state index contributed by atoms with van der Waals surface area (Å²) >= 11 is 0. The van der Waals surface area contributed by atoms with Gasteiger partial charge >= 0.3 is 0 Å². The first kappa shape index (κ1) is 20.4. The highest BCUT2D eigenvalue weighted by Crippen LogP contribution is 2.23. The number of amides is 1. The van der Waals surface area contributed by atoms with Crippen LogP contribution >= 0.6 is 0 Å². The van der Waals surface area contributed by atoms with Crippen molar-refractivity contribution < 1.29 is 22.3 Å². The lowest BCUT2D eigenvalue weighted by Gasteiger charge is -2.26. The molecule has 0 bridgehead atoms. The maximum absolute atomic E-state index is 13.1. The number of halogens is 1. The first-order chi connectivity index (χ1) is 13.3. The summed E-state index contributed by atoms with van der Waals surface area (Å²) in [6.45, 7) is 4.78. The van der Waals surface area contributed by atoms with Crippen LogP contribution in [-0.2, 0) is 14.8 Å². The lowest BCUT2D eigenvalue weighted by atomic mass is 10.1. The van der Waals surface area contributed by atoms with Crippen LogP contribution in [0.4, 0.5) is 4.39 Å². The Morgan fingerprint density at radius 2 is 1.79 bits per heavy atom. The molecule has 1 atom stereocenters. The third-order valence-corrected chi connectivity index (χ3v) is 6.80. The number of sulfonamides is 1. The highest BCUT2D eigenvalue weighted by molar-refractivity contribution is 7.89. The molecule has 0 spiro atoms. The minimum absolute atomic E-state index is 0.122. The van der Waals surface area contributed by atoms with Gasteiger partial charge in [0.1, 0.15) is 5.82 Å². The Hall–Kier alpha value is -2.29. The van der Waals surface area contributed by atoms with Crippen molar-refractivity contribution in [2.45, 2.75) is 24.8 Å². The number of carbonyl (C=O) groups is 1. The van der Waals surface area contributed by atoms with Gasteiger partial charge in [0.2, 0.25) is 10.0 Å². The summed E-state index contributed by atoms with van der Waals surface area (Å²) in [6, 6.07) is 10.1. The Kier molecular flexibility index (Phi) is 6.12. The predicted octanol–water partition coefficient (Wildman–Crippen LogP) is 2.65. The van der Waals surface area contributed by atoms with Gasteiger partial charge in [-0.1, -0.05) is 18.2 Å². The molecule has 1 aliphatic heterocycles. The van der Waals surface area contributed by atoms with E-state index < -0.39 is 15.9 Å². The largest absolute Gasteiger partial charge is 0.379 e. The van der Waals surface area contributed by atoms with E-state index in [0.717, 1.165) is 5.56 Å². The van der Waals surface area contributed by atoms with Crippen molar-refractivity contribution in [3.8, 4) is 0 Å². The van der Waals surface area contributed by atoms with Crippen LogP contribution in [0.25, 0.3) is 0 Å². The second-order valence-electron chi connectivity index (χ2n) is 6.74. The maximum atomic E-state index is 13.1. The molecule has 8 heteroatoms. The minimum atomic E-state index is -3.70. The van der Waals surface area contributed by atoms with Gasteiger partial charge in [-0.3, -0.25) is 4.79 Å². The average molecular weight is 406 g/mol. The van der Waals surface area contributed by atoms with Crippen LogP contribution in [0.5, 0.6) is 0 Å². The molecule has 1 aliphatic rings. The summed E-state index contributed by atoms with van der Waals surface area (Å²) in [5.41, 5.74) is 1.59. The molecule has 1 amide bonds. The molecule has 150 valence electrons. The molecule has 3 rings (SSSR count). The summed E-state index contributed by atoms with van der Waals surface area (Å²) < 4.78 is 45.6. The van der Waals surface area contributed by atoms with Crippen LogP contribution in [-0.4, -0.2) is 44.9 Å². The smallest absolute Gasteiger partial charge is 0.251 e. The van der Waals surface area contributed by atoms with Gasteiger partial charge in [0.05, 0.1) is 24.2 Å². The van der Waals surface area contributed by atoms with Crippen molar-refractivity contribution >= 4 is 15.9 Å². The van der Waals surface area contributed by atoms with Crippen LogP contribution in [0, 0.1) is 12.7 Å². The van der Waals surface area contributed by atoms with Gasteiger partial charge in [-0.25, -0.2) is 12.8 Å². The topological polar surface area (TPSA) is 75.7 Å². The third-order valence-electron chi connectivity index (χ3n) is 4.76. The molecule has 1 heterocycles. The van der Waals surface area contributed by atoms with Crippen LogP contribution < -0.4 is 5.32 Å². The SMILES string of the molecule is Cc1ccc(C(=O)N[C@@H](C)c2ccc(F)cc2)cc1S(=O)(=O)N1CCOCC1. The Bertz CT molecular complexity index is 955. The van der Waals surface area contributed by atoms with E-state index in [1.54, 1.807) is 38.1 Å². The van der Waals surface area contributed by atoms with Crippen LogP contribution in [0.1, 0.15) is 34.5 Å². The summed E-state index contributed by atoms with van der Waals surface area (Å²) in [4.78, 5) is 12.8. The van der Waals surface area contributed by atoms with E-state index in [1.165, 1.54) is 22.5 Å². The van der Waals surface area contributed by atoms with Crippen LogP contribution in [0.3, 0.4) is 0 Å². The van der Waals surface area contributed by atoms with Crippen molar-refractivity contribution in [3.63, 3.8) is 0 Å². The molecule has 1 N–H and O–H groups in total. The monoisotopic (exact) mass is 406 g/mol. The Morgan fingerprint density at radius 3 is 2.43 bits per heavy atom. The molecule has 0 unspecified atom stereocenters. The Labute approximate surface area is 164 Å². The third kappa shape index (κ3) is 4.40. The fraction of sp³-hybridized carbons (Fsp3) is 0.350. The number of benzene rings is 2. The number of carbonyl (C=O) groups excluding carboxylic acids is 1. The number of hydrogen-bond donors (Lipinski definition) is 1. The fourth-order valence-electron chi connectivity index (χ4n) is 3.06. The van der Waals surface area contributed by atoms with Gasteiger partial charge in [0.15, 0.2) is 0 Å². The van der Waals surface area contributed by atoms with E-state index in [1.807, 2.05) is 0 Å². The number of ether oxygens (including phenoxy) is 1. The summed E-state index contributed by atoms with van der Waals surface area (Å²) in [5, 5.41) is 2.82. The summed E-state index contributed by atoms with van der Waals surface area (Å²) in [5.74, 6) is -0.742. The fourth-order valence-corrected chi connectivity index (χ4v) is 4.72. The minimum Gasteiger partial charge on any atom is -0.379 e. The normalized spacial score (nSPS) is 16.5. The molecular formula is C20H23FN2O4S. The first-order valence-corrected chi connectivity index (χ1v) is 10.5. The Balaban J connectivity index is 1.82. The standard InChI is InChI=1S/C20H23FN2O4S/c1-14-3-4-17(13-19(14)28(25,26)23-9-11-27-12-10-23)20(24)22-15(2)16-5-7-18(21)8-6-16/h3-8,13,15H,9-12H2,1-2H3,(H,22,24)/t15-/m0/s1. The summed E-state index contributed by atoms with van der Waals surface area (Å²) in [7, 11) is -3.70. The van der Waals surface area contributed by atoms with E-state index >= 15 is 0 Å². The summed E-state index contributed by atoms with van der Waals surface area (Å²) in [6.07, 6.45) is 0.